The molecule has 0 unspecified atom stereocenters. The molecule has 3 N–H and O–H groups in total. The van der Waals surface area contributed by atoms with Gasteiger partial charge in [0.25, 0.3) is 0 Å². The zero-order chi connectivity index (χ0) is 11.8. The Morgan fingerprint density at radius 2 is 2.50 bits per heavy atom. The fourth-order valence-electron chi connectivity index (χ4n) is 1.57. The van der Waals surface area contributed by atoms with E-state index in [0.29, 0.717) is 17.8 Å². The van der Waals surface area contributed by atoms with Crippen molar-refractivity contribution >= 4 is 17.7 Å². The summed E-state index contributed by atoms with van der Waals surface area (Å²) < 4.78 is 5.47. The Morgan fingerprint density at radius 1 is 1.69 bits per heavy atom. The highest BCUT2D eigenvalue weighted by Gasteiger charge is 2.14. The van der Waals surface area contributed by atoms with Crippen molar-refractivity contribution in [2.24, 2.45) is 10.7 Å². The van der Waals surface area contributed by atoms with Crippen molar-refractivity contribution in [3.05, 3.63) is 0 Å². The van der Waals surface area contributed by atoms with Crippen LogP contribution in [0.25, 0.3) is 0 Å². The molecule has 1 fully saturated rings. The monoisotopic (exact) mass is 245 g/mol. The molecule has 0 amide bonds. The van der Waals surface area contributed by atoms with E-state index in [-0.39, 0.29) is 6.10 Å². The third-order valence-corrected chi connectivity index (χ3v) is 3.79. The maximum Gasteiger partial charge on any atom is 0.188 e. The molecule has 0 aromatic carbocycles. The van der Waals surface area contributed by atoms with Gasteiger partial charge in [-0.3, -0.25) is 4.99 Å². The number of guanidine groups is 1. The highest BCUT2D eigenvalue weighted by Crippen LogP contribution is 2.11. The Kier molecular flexibility index (Phi) is 6.64. The average Bonchev–Trinajstić information content (AvgIpc) is 2.79. The van der Waals surface area contributed by atoms with Crippen LogP contribution in [0, 0.1) is 0 Å². The lowest BCUT2D eigenvalue weighted by Gasteiger charge is -2.10. The lowest BCUT2D eigenvalue weighted by Crippen LogP contribution is -2.34. The van der Waals surface area contributed by atoms with Gasteiger partial charge in [0.15, 0.2) is 5.96 Å². The van der Waals surface area contributed by atoms with Crippen molar-refractivity contribution in [3.63, 3.8) is 0 Å². The number of thioether (sulfide) groups is 1. The zero-order valence-electron chi connectivity index (χ0n) is 10.2. The van der Waals surface area contributed by atoms with Gasteiger partial charge in [-0.2, -0.15) is 11.8 Å². The van der Waals surface area contributed by atoms with Gasteiger partial charge in [-0.1, -0.05) is 6.92 Å². The Hall–Kier alpha value is -0.420. The highest BCUT2D eigenvalue weighted by atomic mass is 32.2. The van der Waals surface area contributed by atoms with Crippen LogP contribution in [0.1, 0.15) is 26.2 Å². The van der Waals surface area contributed by atoms with Crippen LogP contribution >= 0.6 is 11.8 Å². The summed E-state index contributed by atoms with van der Waals surface area (Å²) in [6, 6.07) is 0. The minimum Gasteiger partial charge on any atom is -0.376 e. The van der Waals surface area contributed by atoms with Crippen LogP contribution in [0.5, 0.6) is 0 Å². The minimum atomic E-state index is 0.283. The van der Waals surface area contributed by atoms with Crippen molar-refractivity contribution < 1.29 is 4.74 Å². The van der Waals surface area contributed by atoms with Gasteiger partial charge in [0.2, 0.25) is 0 Å². The van der Waals surface area contributed by atoms with Crippen molar-refractivity contribution in [1.82, 2.24) is 5.32 Å². The summed E-state index contributed by atoms with van der Waals surface area (Å²) in [5.74, 6) is 0.545. The number of aliphatic imine (C=N–C) groups is 1. The summed E-state index contributed by atoms with van der Waals surface area (Å²) in [7, 11) is 0. The lowest BCUT2D eigenvalue weighted by molar-refractivity contribution is 0.118. The van der Waals surface area contributed by atoms with Gasteiger partial charge < -0.3 is 15.8 Å². The number of nitrogens with zero attached hydrogens (tertiary/aromatic N) is 1. The first kappa shape index (κ1) is 13.6. The summed E-state index contributed by atoms with van der Waals surface area (Å²) in [5, 5.41) is 3.80. The molecular weight excluding hydrogens is 222 g/mol. The van der Waals surface area contributed by atoms with Gasteiger partial charge in [0.1, 0.15) is 0 Å². The number of hydrogen-bond acceptors (Lipinski definition) is 3. The van der Waals surface area contributed by atoms with Gasteiger partial charge in [0, 0.05) is 18.4 Å². The second-order valence-electron chi connectivity index (χ2n) is 4.12. The quantitative estimate of drug-likeness (QED) is 0.545. The molecule has 0 saturated carbocycles. The maximum atomic E-state index is 5.76. The topological polar surface area (TPSA) is 59.6 Å². The van der Waals surface area contributed by atoms with Crippen LogP contribution in [0.4, 0.5) is 0 Å². The third-order valence-electron chi connectivity index (χ3n) is 2.75. The van der Waals surface area contributed by atoms with E-state index in [1.807, 2.05) is 11.8 Å². The van der Waals surface area contributed by atoms with Gasteiger partial charge in [-0.25, -0.2) is 0 Å². The standard InChI is InChI=1S/C11H23N3OS/c1-9(16-2)5-6-13-11(12)14-8-10-4-3-7-15-10/h9-10H,3-8H2,1-2H3,(H3,12,13,14)/t9-,10+/m1/s1. The molecule has 16 heavy (non-hydrogen) atoms. The van der Waals surface area contributed by atoms with Gasteiger partial charge in [-0.15, -0.1) is 0 Å². The van der Waals surface area contributed by atoms with E-state index in [1.165, 1.54) is 0 Å². The van der Waals surface area contributed by atoms with E-state index in [4.69, 9.17) is 10.5 Å². The number of nitrogens with one attached hydrogen (secondary N) is 1. The highest BCUT2D eigenvalue weighted by molar-refractivity contribution is 7.99. The first-order valence-electron chi connectivity index (χ1n) is 5.90. The van der Waals surface area contributed by atoms with Crippen LogP contribution in [-0.2, 0) is 4.74 Å². The third kappa shape index (κ3) is 5.61. The van der Waals surface area contributed by atoms with E-state index in [2.05, 4.69) is 23.5 Å². The SMILES string of the molecule is CS[C@H](C)CCNC(N)=NC[C@@H]1CCCO1. The predicted molar refractivity (Wildman–Crippen MR) is 71.1 cm³/mol. The molecular formula is C11H23N3OS. The molecule has 4 nitrogen and oxygen atoms in total. The van der Waals surface area contributed by atoms with Crippen LogP contribution in [0.3, 0.4) is 0 Å². The summed E-state index contributed by atoms with van der Waals surface area (Å²) in [4.78, 5) is 4.28. The van der Waals surface area contributed by atoms with Crippen molar-refractivity contribution in [2.45, 2.75) is 37.5 Å². The van der Waals surface area contributed by atoms with Crippen LogP contribution in [0.15, 0.2) is 4.99 Å². The van der Waals surface area contributed by atoms with Crippen molar-refractivity contribution in [1.29, 1.82) is 0 Å². The molecule has 0 bridgehead atoms. The number of nitrogens with two attached hydrogens (primary N) is 1. The summed E-state index contributed by atoms with van der Waals surface area (Å²) in [6.07, 6.45) is 5.78. The largest absolute Gasteiger partial charge is 0.376 e. The molecule has 0 aromatic rings. The molecule has 1 aliphatic rings. The molecule has 0 aromatic heterocycles. The molecule has 0 aliphatic carbocycles. The molecule has 2 atom stereocenters. The maximum absolute atomic E-state index is 5.76. The summed E-state index contributed by atoms with van der Waals surface area (Å²) in [6.45, 7) is 4.67. The van der Waals surface area contributed by atoms with Crippen LogP contribution in [-0.4, -0.2) is 43.3 Å². The van der Waals surface area contributed by atoms with E-state index in [1.54, 1.807) is 0 Å². The first-order valence-corrected chi connectivity index (χ1v) is 7.19. The first-order chi connectivity index (χ1) is 7.72. The van der Waals surface area contributed by atoms with E-state index in [9.17, 15) is 0 Å². The summed E-state index contributed by atoms with van der Waals surface area (Å²) >= 11 is 1.87. The number of ether oxygens (including phenoxy) is 1. The van der Waals surface area contributed by atoms with E-state index in [0.717, 1.165) is 32.4 Å². The predicted octanol–water partition coefficient (Wildman–Crippen LogP) is 1.21. The number of hydrogen-bond donors (Lipinski definition) is 2. The fraction of sp³-hybridized carbons (Fsp3) is 0.909. The van der Waals surface area contributed by atoms with Crippen LogP contribution < -0.4 is 11.1 Å². The molecule has 5 heteroatoms. The number of rotatable bonds is 6. The Labute approximate surface area is 102 Å². The average molecular weight is 245 g/mol. The van der Waals surface area contributed by atoms with Gasteiger partial charge in [0.05, 0.1) is 12.6 Å². The van der Waals surface area contributed by atoms with Gasteiger partial charge in [-0.05, 0) is 25.5 Å². The molecule has 0 spiro atoms. The smallest absolute Gasteiger partial charge is 0.188 e. The second-order valence-corrected chi connectivity index (χ2v) is 5.40. The fourth-order valence-corrected chi connectivity index (χ4v) is 1.92. The molecule has 0 radical (unpaired) electrons. The Morgan fingerprint density at radius 3 is 3.12 bits per heavy atom. The molecule has 94 valence electrons. The Balaban J connectivity index is 2.08. The van der Waals surface area contributed by atoms with E-state index >= 15 is 0 Å². The Bertz CT molecular complexity index is 217. The zero-order valence-corrected chi connectivity index (χ0v) is 11.1. The summed E-state index contributed by atoms with van der Waals surface area (Å²) in [5.41, 5.74) is 5.76. The minimum absolute atomic E-state index is 0.283. The van der Waals surface area contributed by atoms with Crippen molar-refractivity contribution in [2.75, 3.05) is 26.0 Å². The van der Waals surface area contributed by atoms with Crippen LogP contribution in [0.2, 0.25) is 0 Å². The van der Waals surface area contributed by atoms with Gasteiger partial charge >= 0.3 is 0 Å². The second kappa shape index (κ2) is 7.79. The van der Waals surface area contributed by atoms with E-state index < -0.39 is 0 Å². The lowest BCUT2D eigenvalue weighted by atomic mass is 10.2. The molecule has 1 aliphatic heterocycles. The van der Waals surface area contributed by atoms with Crippen molar-refractivity contribution in [3.8, 4) is 0 Å². The normalized spacial score (nSPS) is 23.4. The molecule has 1 heterocycles. The molecule has 1 saturated heterocycles. The molecule has 1 rings (SSSR count).